The van der Waals surface area contributed by atoms with Gasteiger partial charge < -0.3 is 4.74 Å². The van der Waals surface area contributed by atoms with Crippen LogP contribution in [0.25, 0.3) is 22.0 Å². The summed E-state index contributed by atoms with van der Waals surface area (Å²) in [6.07, 6.45) is 0. The molecule has 0 aliphatic carbocycles. The van der Waals surface area contributed by atoms with E-state index in [0.717, 1.165) is 38.5 Å². The van der Waals surface area contributed by atoms with Crippen LogP contribution in [-0.2, 0) is 6.61 Å². The van der Waals surface area contributed by atoms with Crippen LogP contribution in [0.5, 0.6) is 5.75 Å². The zero-order valence-electron chi connectivity index (χ0n) is 10.1. The number of hydrogen-bond donors (Lipinski definition) is 0. The first-order chi connectivity index (χ1) is 9.34. The fourth-order valence-electron chi connectivity index (χ4n) is 2.54. The number of pyridine rings is 1. The highest BCUT2D eigenvalue weighted by molar-refractivity contribution is 6.38. The van der Waals surface area contributed by atoms with Crippen molar-refractivity contribution in [2.45, 2.75) is 6.61 Å². The number of halogens is 1. The van der Waals surface area contributed by atoms with Gasteiger partial charge in [-0.05, 0) is 12.1 Å². The highest BCUT2D eigenvalue weighted by Gasteiger charge is 2.22. The molecule has 0 saturated heterocycles. The number of para-hydroxylation sites is 2. The van der Waals surface area contributed by atoms with E-state index in [2.05, 4.69) is 4.98 Å². The van der Waals surface area contributed by atoms with Crippen LogP contribution in [0.4, 0.5) is 0 Å². The molecule has 3 heteroatoms. The molecule has 0 bridgehead atoms. The second kappa shape index (κ2) is 3.97. The summed E-state index contributed by atoms with van der Waals surface area (Å²) in [5.74, 6) is 0.869. The number of rotatable bonds is 0. The molecule has 0 saturated carbocycles. The molecule has 2 nitrogen and oxygen atoms in total. The van der Waals surface area contributed by atoms with Gasteiger partial charge in [-0.15, -0.1) is 0 Å². The lowest BCUT2D eigenvalue weighted by molar-refractivity contribution is 0.297. The first-order valence-electron chi connectivity index (χ1n) is 6.14. The lowest BCUT2D eigenvalue weighted by Gasteiger charge is -2.21. The summed E-state index contributed by atoms with van der Waals surface area (Å²) in [6.45, 7) is 0.469. The summed E-state index contributed by atoms with van der Waals surface area (Å²) in [5, 5.41) is 1.75. The van der Waals surface area contributed by atoms with Crippen LogP contribution < -0.4 is 4.74 Å². The summed E-state index contributed by atoms with van der Waals surface area (Å²) < 4.78 is 5.73. The molecule has 92 valence electrons. The average molecular weight is 268 g/mol. The third-order valence-electron chi connectivity index (χ3n) is 3.42. The fraction of sp³-hybridized carbons (Fsp3) is 0.0625. The highest BCUT2D eigenvalue weighted by atomic mass is 35.5. The van der Waals surface area contributed by atoms with Crippen LogP contribution in [0.15, 0.2) is 48.5 Å². The lowest BCUT2D eigenvalue weighted by Crippen LogP contribution is -2.08. The molecule has 1 aliphatic heterocycles. The van der Waals surface area contributed by atoms with Crippen LogP contribution in [0.3, 0.4) is 0 Å². The lowest BCUT2D eigenvalue weighted by atomic mass is 9.99. The van der Waals surface area contributed by atoms with Gasteiger partial charge >= 0.3 is 0 Å². The first-order valence-corrected chi connectivity index (χ1v) is 6.52. The van der Waals surface area contributed by atoms with Gasteiger partial charge in [0.1, 0.15) is 12.4 Å². The van der Waals surface area contributed by atoms with E-state index in [9.17, 15) is 0 Å². The fourth-order valence-corrected chi connectivity index (χ4v) is 2.91. The van der Waals surface area contributed by atoms with E-state index in [1.807, 2.05) is 48.5 Å². The molecule has 2 aromatic carbocycles. The van der Waals surface area contributed by atoms with Crippen LogP contribution in [0, 0.1) is 0 Å². The van der Waals surface area contributed by atoms with Crippen molar-refractivity contribution in [1.82, 2.24) is 4.98 Å². The summed E-state index contributed by atoms with van der Waals surface area (Å²) in [4.78, 5) is 4.67. The van der Waals surface area contributed by atoms with Gasteiger partial charge in [0.2, 0.25) is 0 Å². The van der Waals surface area contributed by atoms with Gasteiger partial charge in [0.05, 0.1) is 16.2 Å². The number of benzene rings is 2. The number of aromatic nitrogens is 1. The van der Waals surface area contributed by atoms with Crippen LogP contribution in [0.1, 0.15) is 5.69 Å². The predicted molar refractivity (Wildman–Crippen MR) is 76.5 cm³/mol. The largest absolute Gasteiger partial charge is 0.487 e. The zero-order valence-corrected chi connectivity index (χ0v) is 10.8. The standard InChI is InChI=1S/C16H10ClNO/c17-16-10-5-1-3-7-12(10)18-13-9-19-14-8-4-2-6-11(14)15(13)16/h1-8H,9H2. The molecule has 1 aliphatic rings. The summed E-state index contributed by atoms with van der Waals surface area (Å²) in [5.41, 5.74) is 3.84. The van der Waals surface area contributed by atoms with Crippen molar-refractivity contribution in [3.05, 3.63) is 59.2 Å². The molecule has 1 aromatic heterocycles. The topological polar surface area (TPSA) is 22.1 Å². The first kappa shape index (κ1) is 10.8. The van der Waals surface area contributed by atoms with Gasteiger partial charge in [0, 0.05) is 16.5 Å². The minimum atomic E-state index is 0.469. The van der Waals surface area contributed by atoms with Gasteiger partial charge in [-0.1, -0.05) is 48.0 Å². The molecule has 0 radical (unpaired) electrons. The zero-order chi connectivity index (χ0) is 12.8. The minimum absolute atomic E-state index is 0.469. The molecule has 0 fully saturated rings. The van der Waals surface area contributed by atoms with Gasteiger partial charge in [-0.3, -0.25) is 0 Å². The number of nitrogens with zero attached hydrogens (tertiary/aromatic N) is 1. The van der Waals surface area contributed by atoms with Crippen molar-refractivity contribution >= 4 is 22.5 Å². The SMILES string of the molecule is Clc1c2c(nc3ccccc13)COc1ccccc1-2. The minimum Gasteiger partial charge on any atom is -0.487 e. The molecular weight excluding hydrogens is 258 g/mol. The van der Waals surface area contributed by atoms with Gasteiger partial charge in [-0.2, -0.15) is 0 Å². The summed E-state index contributed by atoms with van der Waals surface area (Å²) >= 11 is 6.59. The van der Waals surface area contributed by atoms with Gasteiger partial charge in [0.15, 0.2) is 0 Å². The Balaban J connectivity index is 2.13. The quantitative estimate of drug-likeness (QED) is 0.600. The summed E-state index contributed by atoms with van der Waals surface area (Å²) in [7, 11) is 0. The Morgan fingerprint density at radius 1 is 1.00 bits per heavy atom. The number of hydrogen-bond acceptors (Lipinski definition) is 2. The Labute approximate surface area is 115 Å². The van der Waals surface area contributed by atoms with Crippen molar-refractivity contribution in [3.8, 4) is 16.9 Å². The maximum absolute atomic E-state index is 6.59. The molecule has 2 heterocycles. The molecule has 0 unspecified atom stereocenters. The third kappa shape index (κ3) is 1.53. The van der Waals surface area contributed by atoms with Crippen LogP contribution in [-0.4, -0.2) is 4.98 Å². The normalized spacial score (nSPS) is 12.7. The van der Waals surface area contributed by atoms with Gasteiger partial charge in [-0.25, -0.2) is 4.98 Å². The maximum atomic E-state index is 6.59. The number of fused-ring (bicyclic) bond motifs is 4. The van der Waals surface area contributed by atoms with E-state index in [0.29, 0.717) is 6.61 Å². The van der Waals surface area contributed by atoms with E-state index in [1.165, 1.54) is 0 Å². The van der Waals surface area contributed by atoms with Gasteiger partial charge in [0.25, 0.3) is 0 Å². The molecular formula is C16H10ClNO. The maximum Gasteiger partial charge on any atom is 0.131 e. The molecule has 0 spiro atoms. The molecule has 0 amide bonds. The van der Waals surface area contributed by atoms with Crippen molar-refractivity contribution in [2.24, 2.45) is 0 Å². The Kier molecular flexibility index (Phi) is 2.26. The van der Waals surface area contributed by atoms with E-state index in [4.69, 9.17) is 16.3 Å². The monoisotopic (exact) mass is 267 g/mol. The molecule has 0 N–H and O–H groups in total. The molecule has 3 aromatic rings. The van der Waals surface area contributed by atoms with Crippen LogP contribution in [0.2, 0.25) is 5.02 Å². The molecule has 0 atom stereocenters. The van der Waals surface area contributed by atoms with E-state index in [1.54, 1.807) is 0 Å². The van der Waals surface area contributed by atoms with E-state index >= 15 is 0 Å². The van der Waals surface area contributed by atoms with Crippen molar-refractivity contribution in [3.63, 3.8) is 0 Å². The second-order valence-corrected chi connectivity index (χ2v) is 4.93. The third-order valence-corrected chi connectivity index (χ3v) is 3.82. The van der Waals surface area contributed by atoms with Crippen molar-refractivity contribution in [1.29, 1.82) is 0 Å². The second-order valence-electron chi connectivity index (χ2n) is 4.55. The average Bonchev–Trinajstić information content (AvgIpc) is 2.47. The highest BCUT2D eigenvalue weighted by Crippen LogP contribution is 2.43. The Morgan fingerprint density at radius 2 is 1.79 bits per heavy atom. The molecule has 19 heavy (non-hydrogen) atoms. The Hall–Kier alpha value is -2.06. The molecule has 4 rings (SSSR count). The predicted octanol–water partition coefficient (Wildman–Crippen LogP) is 4.45. The summed E-state index contributed by atoms with van der Waals surface area (Å²) in [6, 6.07) is 15.9. The van der Waals surface area contributed by atoms with Crippen LogP contribution >= 0.6 is 11.6 Å². The Bertz CT molecular complexity index is 798. The van der Waals surface area contributed by atoms with Crippen molar-refractivity contribution in [2.75, 3.05) is 0 Å². The smallest absolute Gasteiger partial charge is 0.131 e. The van der Waals surface area contributed by atoms with E-state index in [-0.39, 0.29) is 0 Å². The number of ether oxygens (including phenoxy) is 1. The Morgan fingerprint density at radius 3 is 2.74 bits per heavy atom. The van der Waals surface area contributed by atoms with Crippen molar-refractivity contribution < 1.29 is 4.74 Å². The van der Waals surface area contributed by atoms with E-state index < -0.39 is 0 Å².